The molecule has 0 aliphatic rings. The zero-order valence-electron chi connectivity index (χ0n) is 10.4. The summed E-state index contributed by atoms with van der Waals surface area (Å²) in [4.78, 5) is 10.7. The van der Waals surface area contributed by atoms with Crippen molar-refractivity contribution in [3.05, 3.63) is 41.7 Å². The van der Waals surface area contributed by atoms with Crippen molar-refractivity contribution in [2.45, 2.75) is 6.42 Å². The highest BCUT2D eigenvalue weighted by Crippen LogP contribution is 2.25. The van der Waals surface area contributed by atoms with Crippen LogP contribution in [0.25, 0.3) is 0 Å². The smallest absolute Gasteiger partial charge is 0.356 e. The van der Waals surface area contributed by atoms with Crippen molar-refractivity contribution in [3.8, 4) is 11.5 Å². The first-order valence-corrected chi connectivity index (χ1v) is 5.74. The van der Waals surface area contributed by atoms with Crippen LogP contribution in [0.1, 0.15) is 16.2 Å². The van der Waals surface area contributed by atoms with Gasteiger partial charge in [0.25, 0.3) is 0 Å². The average Bonchev–Trinajstić information content (AvgIpc) is 2.88. The number of carboxylic acid groups (broad SMARTS) is 1. The number of carboxylic acids is 1. The Morgan fingerprint density at radius 2 is 2.11 bits per heavy atom. The van der Waals surface area contributed by atoms with Crippen LogP contribution >= 0.6 is 0 Å². The van der Waals surface area contributed by atoms with Crippen LogP contribution in [0.2, 0.25) is 0 Å². The van der Waals surface area contributed by atoms with E-state index in [9.17, 15) is 4.79 Å². The molecule has 1 aromatic heterocycles. The highest BCUT2D eigenvalue weighted by molar-refractivity contribution is 5.85. The summed E-state index contributed by atoms with van der Waals surface area (Å²) in [5, 5.41) is 15.1. The third-order valence-electron chi connectivity index (χ3n) is 2.55. The summed E-state index contributed by atoms with van der Waals surface area (Å²) in [6.45, 7) is 0.404. The summed E-state index contributed by atoms with van der Waals surface area (Å²) in [7, 11) is 1.58. The molecule has 6 heteroatoms. The largest absolute Gasteiger partial charge is 0.493 e. The van der Waals surface area contributed by atoms with Crippen molar-refractivity contribution < 1.29 is 19.4 Å². The molecule has 100 valence electrons. The normalized spacial score (nSPS) is 10.2. The molecule has 0 fully saturated rings. The zero-order chi connectivity index (χ0) is 13.7. The standard InChI is InChI=1S/C13H14N2O4/c1-18-11-4-2-3-5-12(11)19-7-6-9-8-10(13(16)17)15-14-9/h2-5,8H,6-7H2,1H3,(H,14,15)(H,16,17). The van der Waals surface area contributed by atoms with E-state index < -0.39 is 5.97 Å². The van der Waals surface area contributed by atoms with E-state index in [4.69, 9.17) is 14.6 Å². The van der Waals surface area contributed by atoms with Crippen molar-refractivity contribution in [2.75, 3.05) is 13.7 Å². The number of hydrogen-bond acceptors (Lipinski definition) is 4. The van der Waals surface area contributed by atoms with E-state index in [0.29, 0.717) is 30.2 Å². The molecule has 0 atom stereocenters. The van der Waals surface area contributed by atoms with E-state index in [-0.39, 0.29) is 5.69 Å². The molecule has 2 aromatic rings. The van der Waals surface area contributed by atoms with Gasteiger partial charge in [-0.3, -0.25) is 5.10 Å². The van der Waals surface area contributed by atoms with Crippen molar-refractivity contribution in [1.29, 1.82) is 0 Å². The van der Waals surface area contributed by atoms with E-state index in [1.54, 1.807) is 7.11 Å². The highest BCUT2D eigenvalue weighted by Gasteiger charge is 2.08. The Hall–Kier alpha value is -2.50. The minimum absolute atomic E-state index is 0.00675. The van der Waals surface area contributed by atoms with Crippen LogP contribution in [0.3, 0.4) is 0 Å². The van der Waals surface area contributed by atoms with Crippen molar-refractivity contribution in [1.82, 2.24) is 10.2 Å². The molecule has 1 aromatic carbocycles. The average molecular weight is 262 g/mol. The number of nitrogens with one attached hydrogen (secondary N) is 1. The van der Waals surface area contributed by atoms with Gasteiger partial charge in [0.2, 0.25) is 0 Å². The Morgan fingerprint density at radius 3 is 2.74 bits per heavy atom. The Bertz CT molecular complexity index is 565. The maximum absolute atomic E-state index is 10.7. The van der Waals surface area contributed by atoms with Crippen LogP contribution in [0.15, 0.2) is 30.3 Å². The Morgan fingerprint density at radius 1 is 1.37 bits per heavy atom. The van der Waals surface area contributed by atoms with Gasteiger partial charge in [0.05, 0.1) is 13.7 Å². The number of aromatic amines is 1. The van der Waals surface area contributed by atoms with E-state index in [1.165, 1.54) is 6.07 Å². The molecule has 2 rings (SSSR count). The van der Waals surface area contributed by atoms with Crippen molar-refractivity contribution in [2.24, 2.45) is 0 Å². The Labute approximate surface area is 110 Å². The molecule has 19 heavy (non-hydrogen) atoms. The minimum atomic E-state index is -1.05. The second-order valence-electron chi connectivity index (χ2n) is 3.83. The van der Waals surface area contributed by atoms with Gasteiger partial charge < -0.3 is 14.6 Å². The monoisotopic (exact) mass is 262 g/mol. The molecule has 1 heterocycles. The Balaban J connectivity index is 1.90. The fourth-order valence-electron chi connectivity index (χ4n) is 1.61. The number of H-pyrrole nitrogens is 1. The molecule has 0 bridgehead atoms. The molecule has 0 saturated heterocycles. The van der Waals surface area contributed by atoms with Gasteiger partial charge in [-0.2, -0.15) is 5.10 Å². The molecule has 0 radical (unpaired) electrons. The second kappa shape index (κ2) is 5.90. The summed E-state index contributed by atoms with van der Waals surface area (Å²) >= 11 is 0. The zero-order valence-corrected chi connectivity index (χ0v) is 10.4. The maximum atomic E-state index is 10.7. The molecule has 0 saturated carbocycles. The third-order valence-corrected chi connectivity index (χ3v) is 2.55. The summed E-state index contributed by atoms with van der Waals surface area (Å²) in [6, 6.07) is 8.84. The van der Waals surface area contributed by atoms with Gasteiger partial charge >= 0.3 is 5.97 Å². The number of rotatable bonds is 6. The van der Waals surface area contributed by atoms with E-state index >= 15 is 0 Å². The topological polar surface area (TPSA) is 84.4 Å². The van der Waals surface area contributed by atoms with Gasteiger partial charge in [0, 0.05) is 12.1 Å². The predicted octanol–water partition coefficient (Wildman–Crippen LogP) is 1.74. The number of nitrogens with zero attached hydrogens (tertiary/aromatic N) is 1. The fraction of sp³-hybridized carbons (Fsp3) is 0.231. The van der Waals surface area contributed by atoms with Gasteiger partial charge in [-0.15, -0.1) is 0 Å². The first-order chi connectivity index (χ1) is 9.20. The van der Waals surface area contributed by atoms with Crippen molar-refractivity contribution in [3.63, 3.8) is 0 Å². The summed E-state index contributed by atoms with van der Waals surface area (Å²) in [6.07, 6.45) is 0.540. The first-order valence-electron chi connectivity index (χ1n) is 5.74. The molecule has 0 unspecified atom stereocenters. The SMILES string of the molecule is COc1ccccc1OCCc1cc(C(=O)O)n[nH]1. The lowest BCUT2D eigenvalue weighted by atomic mass is 10.3. The molecule has 0 amide bonds. The molecule has 2 N–H and O–H groups in total. The van der Waals surface area contributed by atoms with Crippen LogP contribution in [-0.4, -0.2) is 35.0 Å². The van der Waals surface area contributed by atoms with Gasteiger partial charge in [-0.05, 0) is 18.2 Å². The lowest BCUT2D eigenvalue weighted by Crippen LogP contribution is -2.02. The van der Waals surface area contributed by atoms with E-state index in [1.807, 2.05) is 24.3 Å². The quantitative estimate of drug-likeness (QED) is 0.828. The number of hydrogen-bond donors (Lipinski definition) is 2. The van der Waals surface area contributed by atoms with Crippen LogP contribution < -0.4 is 9.47 Å². The third kappa shape index (κ3) is 3.25. The lowest BCUT2D eigenvalue weighted by Gasteiger charge is -2.09. The van der Waals surface area contributed by atoms with E-state index in [0.717, 1.165) is 0 Å². The number of aromatic carboxylic acids is 1. The molecule has 0 aliphatic carbocycles. The van der Waals surface area contributed by atoms with E-state index in [2.05, 4.69) is 10.2 Å². The number of carbonyl (C=O) groups is 1. The number of para-hydroxylation sites is 2. The number of benzene rings is 1. The van der Waals surface area contributed by atoms with Crippen LogP contribution in [0, 0.1) is 0 Å². The van der Waals surface area contributed by atoms with Gasteiger partial charge in [-0.25, -0.2) is 4.79 Å². The summed E-state index contributed by atoms with van der Waals surface area (Å²) < 4.78 is 10.7. The highest BCUT2D eigenvalue weighted by atomic mass is 16.5. The molecule has 0 aliphatic heterocycles. The first kappa shape index (κ1) is 12.9. The fourth-order valence-corrected chi connectivity index (χ4v) is 1.61. The summed E-state index contributed by atoms with van der Waals surface area (Å²) in [5.41, 5.74) is 0.722. The number of ether oxygens (including phenoxy) is 2. The Kier molecular flexibility index (Phi) is 4.02. The molecular formula is C13H14N2O4. The number of methoxy groups -OCH3 is 1. The summed E-state index contributed by atoms with van der Waals surface area (Å²) in [5.74, 6) is 0.273. The van der Waals surface area contributed by atoms with Crippen molar-refractivity contribution >= 4 is 5.97 Å². The molecule has 0 spiro atoms. The molecule has 6 nitrogen and oxygen atoms in total. The van der Waals surface area contributed by atoms with Gasteiger partial charge in [0.15, 0.2) is 17.2 Å². The predicted molar refractivity (Wildman–Crippen MR) is 67.7 cm³/mol. The van der Waals surface area contributed by atoms with Crippen LogP contribution in [0.4, 0.5) is 0 Å². The van der Waals surface area contributed by atoms with Crippen LogP contribution in [-0.2, 0) is 6.42 Å². The van der Waals surface area contributed by atoms with Gasteiger partial charge in [0.1, 0.15) is 0 Å². The number of aromatic nitrogens is 2. The van der Waals surface area contributed by atoms with Gasteiger partial charge in [-0.1, -0.05) is 12.1 Å². The van der Waals surface area contributed by atoms with Crippen LogP contribution in [0.5, 0.6) is 11.5 Å². The maximum Gasteiger partial charge on any atom is 0.356 e. The minimum Gasteiger partial charge on any atom is -0.493 e. The lowest BCUT2D eigenvalue weighted by molar-refractivity contribution is 0.0690. The molecular weight excluding hydrogens is 248 g/mol. The second-order valence-corrected chi connectivity index (χ2v) is 3.83.